The van der Waals surface area contributed by atoms with Gasteiger partial charge in [-0.05, 0) is 72.4 Å². The molecule has 0 aromatic heterocycles. The van der Waals surface area contributed by atoms with E-state index in [1.54, 1.807) is 48.5 Å². The second-order valence-electron chi connectivity index (χ2n) is 8.39. The molecule has 1 N–H and O–H groups in total. The second kappa shape index (κ2) is 10.5. The Labute approximate surface area is 205 Å². The van der Waals surface area contributed by atoms with E-state index < -0.39 is 10.0 Å². The predicted molar refractivity (Wildman–Crippen MR) is 135 cm³/mol. The van der Waals surface area contributed by atoms with Crippen molar-refractivity contribution < 1.29 is 17.9 Å². The number of halogens is 1. The van der Waals surface area contributed by atoms with Gasteiger partial charge in [-0.15, -0.1) is 0 Å². The lowest BCUT2D eigenvalue weighted by Gasteiger charge is -2.26. The van der Waals surface area contributed by atoms with Crippen LogP contribution in [0.3, 0.4) is 0 Å². The Kier molecular flexibility index (Phi) is 7.44. The number of rotatable bonds is 8. The zero-order valence-electron chi connectivity index (χ0n) is 18.9. The van der Waals surface area contributed by atoms with Crippen LogP contribution in [0.2, 0.25) is 5.02 Å². The van der Waals surface area contributed by atoms with Crippen molar-refractivity contribution in [3.63, 3.8) is 0 Å². The number of nitrogens with zero attached hydrogens (tertiary/aromatic N) is 1. The Morgan fingerprint density at radius 2 is 1.76 bits per heavy atom. The summed E-state index contributed by atoms with van der Waals surface area (Å²) < 4.78 is 31.8. The van der Waals surface area contributed by atoms with Gasteiger partial charge in [-0.3, -0.25) is 9.10 Å². The highest BCUT2D eigenvalue weighted by Gasteiger charge is 2.22. The molecule has 0 heterocycles. The molecule has 1 amide bonds. The summed E-state index contributed by atoms with van der Waals surface area (Å²) in [5.74, 6) is 0.300. The van der Waals surface area contributed by atoms with Crippen LogP contribution in [0.25, 0.3) is 0 Å². The highest BCUT2D eigenvalue weighted by molar-refractivity contribution is 7.92. The van der Waals surface area contributed by atoms with Crippen LogP contribution in [0, 0.1) is 0 Å². The van der Waals surface area contributed by atoms with Gasteiger partial charge in [-0.2, -0.15) is 0 Å². The van der Waals surface area contributed by atoms with E-state index in [2.05, 4.69) is 17.4 Å². The minimum absolute atomic E-state index is 0.000359. The molecule has 0 saturated carbocycles. The van der Waals surface area contributed by atoms with Crippen molar-refractivity contribution in [3.8, 4) is 5.75 Å². The summed E-state index contributed by atoms with van der Waals surface area (Å²) >= 11 is 5.93. The fourth-order valence-corrected chi connectivity index (χ4v) is 5.17. The monoisotopic (exact) mass is 498 g/mol. The first-order valence-electron chi connectivity index (χ1n) is 11.1. The van der Waals surface area contributed by atoms with Gasteiger partial charge in [0.2, 0.25) is 10.0 Å². The summed E-state index contributed by atoms with van der Waals surface area (Å²) in [4.78, 5) is 12.5. The molecule has 1 unspecified atom stereocenters. The molecule has 8 heteroatoms. The number of aryl methyl sites for hydroxylation is 1. The number of ether oxygens (including phenoxy) is 1. The maximum Gasteiger partial charge on any atom is 0.258 e. The first-order chi connectivity index (χ1) is 16.3. The summed E-state index contributed by atoms with van der Waals surface area (Å²) in [5.41, 5.74) is 3.78. The molecular weight excluding hydrogens is 472 g/mol. The van der Waals surface area contributed by atoms with Crippen molar-refractivity contribution in [3.05, 3.63) is 94.5 Å². The molecule has 0 bridgehead atoms. The van der Waals surface area contributed by atoms with Gasteiger partial charge in [-0.25, -0.2) is 8.42 Å². The van der Waals surface area contributed by atoms with Crippen molar-refractivity contribution in [1.82, 2.24) is 5.32 Å². The highest BCUT2D eigenvalue weighted by Crippen LogP contribution is 2.29. The van der Waals surface area contributed by atoms with Crippen LogP contribution in [0.1, 0.15) is 35.6 Å². The number of carbonyl (C=O) groups excluding carboxylic acids is 1. The first kappa shape index (κ1) is 24.1. The van der Waals surface area contributed by atoms with Crippen molar-refractivity contribution in [2.75, 3.05) is 17.2 Å². The maximum atomic E-state index is 12.5. The predicted octanol–water partition coefficient (Wildman–Crippen LogP) is 4.88. The quantitative estimate of drug-likeness (QED) is 0.480. The number of fused-ring (bicyclic) bond motifs is 1. The van der Waals surface area contributed by atoms with E-state index in [-0.39, 0.29) is 25.1 Å². The Hall–Kier alpha value is -3.03. The van der Waals surface area contributed by atoms with E-state index in [1.807, 2.05) is 12.1 Å². The Morgan fingerprint density at radius 3 is 2.47 bits per heavy atom. The third-order valence-corrected chi connectivity index (χ3v) is 7.23. The van der Waals surface area contributed by atoms with Crippen LogP contribution in [0.5, 0.6) is 5.75 Å². The minimum Gasteiger partial charge on any atom is -0.484 e. The zero-order valence-corrected chi connectivity index (χ0v) is 20.5. The Morgan fingerprint density at radius 1 is 1.06 bits per heavy atom. The van der Waals surface area contributed by atoms with Crippen LogP contribution in [-0.4, -0.2) is 27.2 Å². The van der Waals surface area contributed by atoms with E-state index in [0.717, 1.165) is 24.8 Å². The average molecular weight is 499 g/mol. The Balaban J connectivity index is 1.37. The van der Waals surface area contributed by atoms with Crippen LogP contribution >= 0.6 is 11.6 Å². The summed E-state index contributed by atoms with van der Waals surface area (Å²) in [6.07, 6.45) is 4.15. The normalized spacial score (nSPS) is 15.3. The van der Waals surface area contributed by atoms with E-state index in [1.165, 1.54) is 21.7 Å². The van der Waals surface area contributed by atoms with Crippen molar-refractivity contribution in [1.29, 1.82) is 0 Å². The number of amides is 1. The molecule has 0 fully saturated rings. The number of hydrogen-bond donors (Lipinski definition) is 1. The lowest BCUT2D eigenvalue weighted by Crippen LogP contribution is -2.34. The van der Waals surface area contributed by atoms with Gasteiger partial charge in [0.15, 0.2) is 6.61 Å². The van der Waals surface area contributed by atoms with Gasteiger partial charge in [-0.1, -0.05) is 48.0 Å². The van der Waals surface area contributed by atoms with Crippen molar-refractivity contribution in [2.24, 2.45) is 0 Å². The van der Waals surface area contributed by atoms with Gasteiger partial charge in [0.1, 0.15) is 5.75 Å². The molecule has 0 aliphatic heterocycles. The third-order valence-electron chi connectivity index (χ3n) is 5.84. The number of sulfonamides is 1. The molecule has 1 aliphatic rings. The van der Waals surface area contributed by atoms with Gasteiger partial charge >= 0.3 is 0 Å². The van der Waals surface area contributed by atoms with E-state index in [4.69, 9.17) is 16.3 Å². The lowest BCUT2D eigenvalue weighted by molar-refractivity contribution is -0.123. The van der Waals surface area contributed by atoms with Crippen LogP contribution < -0.4 is 14.4 Å². The molecule has 6 nitrogen and oxygen atoms in total. The highest BCUT2D eigenvalue weighted by atomic mass is 35.5. The zero-order chi connectivity index (χ0) is 24.1. The number of nitrogens with one attached hydrogen (secondary N) is 1. The van der Waals surface area contributed by atoms with Crippen LogP contribution in [0.15, 0.2) is 72.8 Å². The minimum atomic E-state index is -3.51. The molecule has 4 rings (SSSR count). The molecule has 0 radical (unpaired) electrons. The third kappa shape index (κ3) is 6.10. The number of benzene rings is 3. The van der Waals surface area contributed by atoms with E-state index in [0.29, 0.717) is 16.5 Å². The van der Waals surface area contributed by atoms with Gasteiger partial charge < -0.3 is 10.1 Å². The maximum absolute atomic E-state index is 12.5. The average Bonchev–Trinajstić information content (AvgIpc) is 2.82. The molecular formula is C26H27ClN2O4S. The molecule has 1 atom stereocenters. The largest absolute Gasteiger partial charge is 0.484 e. The molecule has 0 saturated heterocycles. The van der Waals surface area contributed by atoms with Gasteiger partial charge in [0, 0.05) is 5.02 Å². The molecule has 178 valence electrons. The van der Waals surface area contributed by atoms with Crippen molar-refractivity contribution in [2.45, 2.75) is 31.8 Å². The van der Waals surface area contributed by atoms with Gasteiger partial charge in [0.05, 0.1) is 24.5 Å². The summed E-state index contributed by atoms with van der Waals surface area (Å²) in [5, 5.41) is 3.66. The lowest BCUT2D eigenvalue weighted by atomic mass is 9.88. The van der Waals surface area contributed by atoms with Crippen LogP contribution in [0.4, 0.5) is 5.69 Å². The molecule has 0 spiro atoms. The Bertz CT molecular complexity index is 1240. The summed E-state index contributed by atoms with van der Waals surface area (Å²) in [7, 11) is -3.51. The summed E-state index contributed by atoms with van der Waals surface area (Å²) in [6, 6.07) is 21.9. The summed E-state index contributed by atoms with van der Waals surface area (Å²) in [6.45, 7) is 0.0695. The smallest absolute Gasteiger partial charge is 0.258 e. The molecule has 3 aromatic carbocycles. The second-order valence-corrected chi connectivity index (χ2v) is 10.7. The van der Waals surface area contributed by atoms with E-state index in [9.17, 15) is 13.2 Å². The number of hydrogen-bond acceptors (Lipinski definition) is 4. The fourth-order valence-electron chi connectivity index (χ4n) is 4.15. The van der Waals surface area contributed by atoms with Crippen molar-refractivity contribution >= 4 is 33.2 Å². The molecule has 34 heavy (non-hydrogen) atoms. The fraction of sp³-hybridized carbons (Fsp3) is 0.269. The number of carbonyl (C=O) groups is 1. The standard InChI is InChI=1S/C26H27ClN2O4S/c1-34(31,32)29(17-19-9-11-21(27)12-10-19)22-13-15-23(16-14-22)33-18-26(30)28-25-8-4-6-20-5-2-3-7-24(20)25/h2-3,5,7,9-16,25H,4,6,8,17-18H2,1H3,(H,28,30). The molecule has 1 aliphatic carbocycles. The van der Waals surface area contributed by atoms with Gasteiger partial charge in [0.25, 0.3) is 5.91 Å². The van der Waals surface area contributed by atoms with Crippen LogP contribution in [-0.2, 0) is 27.8 Å². The van der Waals surface area contributed by atoms with E-state index >= 15 is 0 Å². The number of anilines is 1. The first-order valence-corrected chi connectivity index (χ1v) is 13.3. The topological polar surface area (TPSA) is 75.7 Å². The SMILES string of the molecule is CS(=O)(=O)N(Cc1ccc(Cl)cc1)c1ccc(OCC(=O)NC2CCCc3ccccc32)cc1. The molecule has 3 aromatic rings.